The molecule has 2 rings (SSSR count). The van der Waals surface area contributed by atoms with Crippen molar-refractivity contribution in [1.82, 2.24) is 0 Å². The second-order valence-corrected chi connectivity index (χ2v) is 5.13. The van der Waals surface area contributed by atoms with E-state index in [1.165, 1.54) is 13.0 Å². The summed E-state index contributed by atoms with van der Waals surface area (Å²) >= 11 is 0. The van der Waals surface area contributed by atoms with Crippen LogP contribution in [0.4, 0.5) is 24.5 Å². The number of halogens is 3. The van der Waals surface area contributed by atoms with Crippen molar-refractivity contribution in [2.45, 2.75) is 44.5 Å². The zero-order chi connectivity index (χ0) is 15.6. The highest BCUT2D eigenvalue weighted by atomic mass is 19.4. The second kappa shape index (κ2) is 5.83. The highest BCUT2D eigenvalue weighted by Crippen LogP contribution is 2.34. The van der Waals surface area contributed by atoms with Crippen molar-refractivity contribution in [2.24, 2.45) is 0 Å². The Morgan fingerprint density at radius 1 is 1.38 bits per heavy atom. The maximum absolute atomic E-state index is 12.6. The van der Waals surface area contributed by atoms with Gasteiger partial charge in [-0.05, 0) is 37.5 Å². The molecule has 0 heterocycles. The van der Waals surface area contributed by atoms with Gasteiger partial charge in [0.25, 0.3) is 0 Å². The molecule has 3 N–H and O–H groups in total. The van der Waals surface area contributed by atoms with Crippen LogP contribution in [0.1, 0.15) is 31.7 Å². The predicted octanol–water partition coefficient (Wildman–Crippen LogP) is 3.18. The Morgan fingerprint density at radius 2 is 2.10 bits per heavy atom. The molecule has 1 aromatic carbocycles. The molecule has 1 aliphatic rings. The zero-order valence-electron chi connectivity index (χ0n) is 11.5. The Bertz CT molecular complexity index is 531. The van der Waals surface area contributed by atoms with Gasteiger partial charge in [0, 0.05) is 6.92 Å². The second-order valence-electron chi connectivity index (χ2n) is 5.13. The number of esters is 1. The summed E-state index contributed by atoms with van der Waals surface area (Å²) in [7, 11) is 0. The first-order chi connectivity index (χ1) is 9.77. The quantitative estimate of drug-likeness (QED) is 0.665. The van der Waals surface area contributed by atoms with Crippen LogP contribution < -0.4 is 11.1 Å². The minimum absolute atomic E-state index is 0.0262. The number of nitrogen functional groups attached to an aromatic ring is 1. The first kappa shape index (κ1) is 15.5. The molecule has 0 radical (unpaired) electrons. The number of hydrogen-bond donors (Lipinski definition) is 2. The highest BCUT2D eigenvalue weighted by Gasteiger charge is 2.32. The minimum atomic E-state index is -4.42. The molecule has 0 saturated heterocycles. The first-order valence-electron chi connectivity index (χ1n) is 6.68. The lowest BCUT2D eigenvalue weighted by molar-refractivity contribution is -0.146. The van der Waals surface area contributed by atoms with Crippen molar-refractivity contribution >= 4 is 17.3 Å². The maximum Gasteiger partial charge on any atom is 0.416 e. The summed E-state index contributed by atoms with van der Waals surface area (Å²) in [5.74, 6) is -0.367. The number of nitrogens with one attached hydrogen (secondary N) is 1. The largest absolute Gasteiger partial charge is 0.460 e. The lowest BCUT2D eigenvalue weighted by Crippen LogP contribution is -2.32. The number of benzene rings is 1. The summed E-state index contributed by atoms with van der Waals surface area (Å²) < 4.78 is 42.9. The minimum Gasteiger partial charge on any atom is -0.460 e. The summed E-state index contributed by atoms with van der Waals surface area (Å²) in [6.07, 6.45) is -2.30. The van der Waals surface area contributed by atoms with Crippen molar-refractivity contribution in [3.8, 4) is 0 Å². The fourth-order valence-electron chi connectivity index (χ4n) is 2.52. The third-order valence-electron chi connectivity index (χ3n) is 3.49. The van der Waals surface area contributed by atoms with Gasteiger partial charge in [-0.25, -0.2) is 0 Å². The van der Waals surface area contributed by atoms with Crippen LogP contribution in [0, 0.1) is 0 Å². The third-order valence-corrected chi connectivity index (χ3v) is 3.49. The molecule has 21 heavy (non-hydrogen) atoms. The van der Waals surface area contributed by atoms with Crippen molar-refractivity contribution in [2.75, 3.05) is 11.1 Å². The van der Waals surface area contributed by atoms with Gasteiger partial charge >= 0.3 is 12.1 Å². The van der Waals surface area contributed by atoms with Gasteiger partial charge in [0.2, 0.25) is 0 Å². The Labute approximate surface area is 120 Å². The van der Waals surface area contributed by atoms with Gasteiger partial charge < -0.3 is 15.8 Å². The van der Waals surface area contributed by atoms with E-state index in [4.69, 9.17) is 10.5 Å². The lowest BCUT2D eigenvalue weighted by atomic mass is 10.1. The van der Waals surface area contributed by atoms with E-state index in [1.807, 2.05) is 0 Å². The molecule has 1 aromatic rings. The topological polar surface area (TPSA) is 64.3 Å². The number of carbonyl (C=O) groups is 1. The summed E-state index contributed by atoms with van der Waals surface area (Å²) in [5.41, 5.74) is 5.34. The summed E-state index contributed by atoms with van der Waals surface area (Å²) in [4.78, 5) is 11.0. The van der Waals surface area contributed by atoms with Crippen LogP contribution in [0.25, 0.3) is 0 Å². The molecule has 1 aliphatic carbocycles. The van der Waals surface area contributed by atoms with Crippen LogP contribution in [0.2, 0.25) is 0 Å². The number of hydrogen-bond acceptors (Lipinski definition) is 4. The molecule has 7 heteroatoms. The number of alkyl halides is 3. The molecular formula is C14H17F3N2O2. The first-order valence-corrected chi connectivity index (χ1v) is 6.68. The van der Waals surface area contributed by atoms with Crippen LogP contribution in [-0.2, 0) is 15.7 Å². The van der Waals surface area contributed by atoms with Crippen LogP contribution in [-0.4, -0.2) is 18.1 Å². The Kier molecular flexibility index (Phi) is 4.29. The Morgan fingerprint density at radius 3 is 2.67 bits per heavy atom. The standard InChI is InChI=1S/C14H17F3N2O2/c1-8(20)21-13-4-2-3-12(13)19-11-6-5-9(7-10(11)18)14(15,16)17/h5-7,12-13,19H,2-4,18H2,1H3/t12-,13-/m1/s1. The van der Waals surface area contributed by atoms with Gasteiger partial charge in [0.15, 0.2) is 0 Å². The van der Waals surface area contributed by atoms with Crippen LogP contribution in [0.15, 0.2) is 18.2 Å². The summed E-state index contributed by atoms with van der Waals surface area (Å²) in [6.45, 7) is 1.34. The van der Waals surface area contributed by atoms with Gasteiger partial charge in [0.05, 0.1) is 23.0 Å². The van der Waals surface area contributed by atoms with Crippen molar-refractivity contribution in [1.29, 1.82) is 0 Å². The molecule has 0 spiro atoms. The molecule has 0 amide bonds. The fraction of sp³-hybridized carbons (Fsp3) is 0.500. The predicted molar refractivity (Wildman–Crippen MR) is 72.7 cm³/mol. The zero-order valence-corrected chi connectivity index (χ0v) is 11.5. The third kappa shape index (κ3) is 3.80. The number of rotatable bonds is 3. The molecular weight excluding hydrogens is 285 g/mol. The summed E-state index contributed by atoms with van der Waals surface area (Å²) in [6, 6.07) is 3.06. The van der Waals surface area contributed by atoms with E-state index in [2.05, 4.69) is 5.32 Å². The smallest absolute Gasteiger partial charge is 0.416 e. The van der Waals surface area contributed by atoms with E-state index in [1.54, 1.807) is 0 Å². The van der Waals surface area contributed by atoms with Crippen LogP contribution in [0.3, 0.4) is 0 Å². The number of nitrogens with two attached hydrogens (primary N) is 1. The molecule has 4 nitrogen and oxygen atoms in total. The molecule has 1 saturated carbocycles. The fourth-order valence-corrected chi connectivity index (χ4v) is 2.52. The molecule has 0 bridgehead atoms. The van der Waals surface area contributed by atoms with E-state index in [9.17, 15) is 18.0 Å². The van der Waals surface area contributed by atoms with E-state index in [0.29, 0.717) is 5.69 Å². The number of ether oxygens (including phenoxy) is 1. The molecule has 1 fully saturated rings. The van der Waals surface area contributed by atoms with Crippen molar-refractivity contribution in [3.63, 3.8) is 0 Å². The van der Waals surface area contributed by atoms with E-state index in [0.717, 1.165) is 31.4 Å². The lowest BCUT2D eigenvalue weighted by Gasteiger charge is -2.23. The van der Waals surface area contributed by atoms with Gasteiger partial charge in [-0.2, -0.15) is 13.2 Å². The van der Waals surface area contributed by atoms with Gasteiger partial charge in [-0.15, -0.1) is 0 Å². The molecule has 116 valence electrons. The van der Waals surface area contributed by atoms with Crippen molar-refractivity contribution in [3.05, 3.63) is 23.8 Å². The number of carbonyl (C=O) groups excluding carboxylic acids is 1. The average molecular weight is 302 g/mol. The van der Waals surface area contributed by atoms with E-state index in [-0.39, 0.29) is 23.8 Å². The highest BCUT2D eigenvalue weighted by molar-refractivity contribution is 5.68. The SMILES string of the molecule is CC(=O)O[C@@H]1CCC[C@H]1Nc1ccc(C(F)(F)F)cc1N. The Hall–Kier alpha value is -1.92. The van der Waals surface area contributed by atoms with E-state index < -0.39 is 11.7 Å². The normalized spacial score (nSPS) is 22.1. The average Bonchev–Trinajstić information content (AvgIpc) is 2.77. The van der Waals surface area contributed by atoms with Crippen LogP contribution >= 0.6 is 0 Å². The molecule has 0 aliphatic heterocycles. The van der Waals surface area contributed by atoms with Gasteiger partial charge in [-0.1, -0.05) is 0 Å². The maximum atomic E-state index is 12.6. The van der Waals surface area contributed by atoms with Crippen LogP contribution in [0.5, 0.6) is 0 Å². The molecule has 0 unspecified atom stereocenters. The van der Waals surface area contributed by atoms with E-state index >= 15 is 0 Å². The monoisotopic (exact) mass is 302 g/mol. The van der Waals surface area contributed by atoms with Gasteiger partial charge in [-0.3, -0.25) is 4.79 Å². The van der Waals surface area contributed by atoms with Gasteiger partial charge in [0.1, 0.15) is 6.10 Å². The summed E-state index contributed by atoms with van der Waals surface area (Å²) in [5, 5.41) is 3.07. The Balaban J connectivity index is 2.11. The number of anilines is 2. The molecule has 2 atom stereocenters. The van der Waals surface area contributed by atoms with Crippen molar-refractivity contribution < 1.29 is 22.7 Å². The molecule has 0 aromatic heterocycles.